The van der Waals surface area contributed by atoms with E-state index in [9.17, 15) is 4.39 Å². The molecule has 0 spiro atoms. The van der Waals surface area contributed by atoms with Gasteiger partial charge in [0.2, 0.25) is 0 Å². The van der Waals surface area contributed by atoms with E-state index in [4.69, 9.17) is 0 Å². The molecule has 0 aromatic carbocycles. The van der Waals surface area contributed by atoms with E-state index in [0.29, 0.717) is 18.1 Å². The van der Waals surface area contributed by atoms with E-state index in [2.05, 4.69) is 28.6 Å². The lowest BCUT2D eigenvalue weighted by atomic mass is 10.2. The molecule has 2 unspecified atom stereocenters. The van der Waals surface area contributed by atoms with E-state index in [0.717, 1.165) is 18.9 Å². The van der Waals surface area contributed by atoms with Crippen molar-refractivity contribution >= 4 is 5.82 Å². The van der Waals surface area contributed by atoms with Gasteiger partial charge in [0.25, 0.3) is 0 Å². The number of pyridine rings is 1. The van der Waals surface area contributed by atoms with Crippen LogP contribution in [0.15, 0.2) is 18.3 Å². The second kappa shape index (κ2) is 3.95. The van der Waals surface area contributed by atoms with E-state index < -0.39 is 0 Å². The van der Waals surface area contributed by atoms with Gasteiger partial charge in [0, 0.05) is 31.2 Å². The standard InChI is InChI=1S/C13H18FN3/c1-9(2)16-7-12-5-11(16)8-17(12)13-4-3-10(14)6-15-13/h3-4,6,9,11-12H,5,7-8H2,1-2H3. The quantitative estimate of drug-likeness (QED) is 0.780. The maximum Gasteiger partial charge on any atom is 0.141 e. The summed E-state index contributed by atoms with van der Waals surface area (Å²) in [7, 11) is 0. The maximum absolute atomic E-state index is 12.8. The average Bonchev–Trinajstić information content (AvgIpc) is 2.89. The van der Waals surface area contributed by atoms with Crippen LogP contribution in [0.25, 0.3) is 0 Å². The zero-order valence-corrected chi connectivity index (χ0v) is 10.3. The first-order chi connectivity index (χ1) is 8.15. The van der Waals surface area contributed by atoms with Gasteiger partial charge < -0.3 is 4.90 Å². The summed E-state index contributed by atoms with van der Waals surface area (Å²) in [6.07, 6.45) is 2.53. The van der Waals surface area contributed by atoms with Crippen LogP contribution in [0.5, 0.6) is 0 Å². The summed E-state index contributed by atoms with van der Waals surface area (Å²) in [4.78, 5) is 9.06. The third-order valence-electron chi connectivity index (χ3n) is 3.95. The van der Waals surface area contributed by atoms with Crippen molar-refractivity contribution in [3.05, 3.63) is 24.1 Å². The summed E-state index contributed by atoms with van der Waals surface area (Å²) >= 11 is 0. The molecule has 1 aromatic heterocycles. The minimum Gasteiger partial charge on any atom is -0.351 e. The number of piperazine rings is 1. The highest BCUT2D eigenvalue weighted by Crippen LogP contribution is 2.34. The topological polar surface area (TPSA) is 19.4 Å². The lowest BCUT2D eigenvalue weighted by molar-refractivity contribution is 0.191. The monoisotopic (exact) mass is 235 g/mol. The number of anilines is 1. The van der Waals surface area contributed by atoms with Gasteiger partial charge in [-0.15, -0.1) is 0 Å². The summed E-state index contributed by atoms with van der Waals surface area (Å²) < 4.78 is 12.8. The number of hydrogen-bond acceptors (Lipinski definition) is 3. The molecule has 3 heterocycles. The molecule has 2 saturated heterocycles. The fourth-order valence-corrected chi connectivity index (χ4v) is 3.15. The molecule has 2 fully saturated rings. The van der Waals surface area contributed by atoms with Gasteiger partial charge in [-0.25, -0.2) is 9.37 Å². The fourth-order valence-electron chi connectivity index (χ4n) is 3.15. The molecular formula is C13H18FN3. The Balaban J connectivity index is 1.76. The summed E-state index contributed by atoms with van der Waals surface area (Å²) in [6.45, 7) is 6.64. The first-order valence-electron chi connectivity index (χ1n) is 6.29. The second-order valence-corrected chi connectivity index (χ2v) is 5.32. The summed E-state index contributed by atoms with van der Waals surface area (Å²) in [5.74, 6) is 0.657. The predicted octanol–water partition coefficient (Wildman–Crippen LogP) is 1.89. The van der Waals surface area contributed by atoms with Gasteiger partial charge in [-0.3, -0.25) is 4.90 Å². The number of aromatic nitrogens is 1. The van der Waals surface area contributed by atoms with Crippen LogP contribution in [0.3, 0.4) is 0 Å². The molecule has 0 saturated carbocycles. The normalized spacial score (nSPS) is 28.4. The molecule has 4 heteroatoms. The molecule has 1 aromatic rings. The highest BCUT2D eigenvalue weighted by atomic mass is 19.1. The summed E-state index contributed by atoms with van der Waals surface area (Å²) in [6, 6.07) is 5.10. The molecule has 0 radical (unpaired) electrons. The van der Waals surface area contributed by atoms with E-state index in [-0.39, 0.29) is 5.82 Å². The van der Waals surface area contributed by atoms with Gasteiger partial charge in [-0.2, -0.15) is 0 Å². The Morgan fingerprint density at radius 1 is 1.29 bits per heavy atom. The molecule has 0 N–H and O–H groups in total. The van der Waals surface area contributed by atoms with Gasteiger partial charge in [0.1, 0.15) is 11.6 Å². The van der Waals surface area contributed by atoms with Crippen molar-refractivity contribution in [3.8, 4) is 0 Å². The third kappa shape index (κ3) is 1.80. The molecule has 2 bridgehead atoms. The van der Waals surface area contributed by atoms with Crippen molar-refractivity contribution in [1.29, 1.82) is 0 Å². The van der Waals surface area contributed by atoms with Crippen molar-refractivity contribution in [2.75, 3.05) is 18.0 Å². The number of fused-ring (bicyclic) bond motifs is 2. The van der Waals surface area contributed by atoms with Crippen LogP contribution in [0.4, 0.5) is 10.2 Å². The molecule has 3 nitrogen and oxygen atoms in total. The largest absolute Gasteiger partial charge is 0.351 e. The van der Waals surface area contributed by atoms with Crippen LogP contribution >= 0.6 is 0 Å². The number of rotatable bonds is 2. The van der Waals surface area contributed by atoms with Gasteiger partial charge >= 0.3 is 0 Å². The van der Waals surface area contributed by atoms with Crippen LogP contribution in [-0.2, 0) is 0 Å². The highest BCUT2D eigenvalue weighted by molar-refractivity contribution is 5.43. The molecule has 2 atom stereocenters. The van der Waals surface area contributed by atoms with Crippen LogP contribution in [-0.4, -0.2) is 41.1 Å². The van der Waals surface area contributed by atoms with Crippen LogP contribution < -0.4 is 4.90 Å². The van der Waals surface area contributed by atoms with Gasteiger partial charge in [-0.05, 0) is 32.4 Å². The Kier molecular flexibility index (Phi) is 2.54. The highest BCUT2D eigenvalue weighted by Gasteiger charge is 2.44. The Morgan fingerprint density at radius 2 is 2.12 bits per heavy atom. The molecule has 0 aliphatic carbocycles. The van der Waals surface area contributed by atoms with E-state index in [1.165, 1.54) is 18.7 Å². The fraction of sp³-hybridized carbons (Fsp3) is 0.615. The Bertz CT molecular complexity index is 404. The first-order valence-corrected chi connectivity index (χ1v) is 6.29. The SMILES string of the molecule is CC(C)N1CC2CC1CN2c1ccc(F)cn1. The molecule has 92 valence electrons. The number of halogens is 1. The van der Waals surface area contributed by atoms with Gasteiger partial charge in [0.15, 0.2) is 0 Å². The molecule has 0 amide bonds. The molecule has 2 aliphatic rings. The van der Waals surface area contributed by atoms with E-state index >= 15 is 0 Å². The minimum atomic E-state index is -0.262. The average molecular weight is 235 g/mol. The van der Waals surface area contributed by atoms with Crippen LogP contribution in [0, 0.1) is 5.82 Å². The van der Waals surface area contributed by atoms with Gasteiger partial charge in [0.05, 0.1) is 6.20 Å². The van der Waals surface area contributed by atoms with Crippen molar-refractivity contribution in [3.63, 3.8) is 0 Å². The zero-order valence-electron chi connectivity index (χ0n) is 10.3. The van der Waals surface area contributed by atoms with Crippen LogP contribution in [0.2, 0.25) is 0 Å². The smallest absolute Gasteiger partial charge is 0.141 e. The van der Waals surface area contributed by atoms with E-state index in [1.54, 1.807) is 6.07 Å². The lowest BCUT2D eigenvalue weighted by Gasteiger charge is -2.37. The summed E-state index contributed by atoms with van der Waals surface area (Å²) in [5, 5.41) is 0. The summed E-state index contributed by atoms with van der Waals surface area (Å²) in [5.41, 5.74) is 0. The molecule has 17 heavy (non-hydrogen) atoms. The van der Waals surface area contributed by atoms with Crippen molar-refractivity contribution in [1.82, 2.24) is 9.88 Å². The second-order valence-electron chi connectivity index (χ2n) is 5.32. The van der Waals surface area contributed by atoms with Gasteiger partial charge in [-0.1, -0.05) is 0 Å². The lowest BCUT2D eigenvalue weighted by Crippen LogP contribution is -2.49. The first kappa shape index (κ1) is 11.0. The maximum atomic E-state index is 12.8. The van der Waals surface area contributed by atoms with Crippen molar-refractivity contribution in [2.24, 2.45) is 0 Å². The van der Waals surface area contributed by atoms with Crippen LogP contribution in [0.1, 0.15) is 20.3 Å². The van der Waals surface area contributed by atoms with E-state index in [1.807, 2.05) is 0 Å². The molecule has 3 rings (SSSR count). The number of nitrogens with zero attached hydrogens (tertiary/aromatic N) is 3. The Hall–Kier alpha value is -1.16. The Labute approximate surface area is 101 Å². The van der Waals surface area contributed by atoms with Crippen molar-refractivity contribution in [2.45, 2.75) is 38.4 Å². The third-order valence-corrected chi connectivity index (χ3v) is 3.95. The minimum absolute atomic E-state index is 0.262. The number of likely N-dealkylation sites (tertiary alicyclic amines) is 1. The molecule has 2 aliphatic heterocycles. The predicted molar refractivity (Wildman–Crippen MR) is 65.6 cm³/mol. The molecular weight excluding hydrogens is 217 g/mol. The number of hydrogen-bond donors (Lipinski definition) is 0. The zero-order chi connectivity index (χ0) is 12.0. The van der Waals surface area contributed by atoms with Crippen molar-refractivity contribution < 1.29 is 4.39 Å². The Morgan fingerprint density at radius 3 is 2.65 bits per heavy atom.